The van der Waals surface area contributed by atoms with Crippen LogP contribution in [-0.2, 0) is 13.6 Å². The van der Waals surface area contributed by atoms with Crippen molar-refractivity contribution in [3.63, 3.8) is 0 Å². The van der Waals surface area contributed by atoms with Crippen LogP contribution in [0, 0.1) is 5.41 Å². The van der Waals surface area contributed by atoms with Crippen LogP contribution in [0.25, 0.3) is 0 Å². The van der Waals surface area contributed by atoms with E-state index in [-0.39, 0.29) is 0 Å². The fourth-order valence-electron chi connectivity index (χ4n) is 2.89. The molecule has 1 fully saturated rings. The third-order valence-corrected chi connectivity index (χ3v) is 7.45. The molecule has 4 heteroatoms. The molecular formula is C14H30O3Si. The molecule has 1 rings (SSSR count). The van der Waals surface area contributed by atoms with E-state index >= 15 is 0 Å². The zero-order chi connectivity index (χ0) is 13.6. The Hall–Kier alpha value is 0.0969. The Kier molecular flexibility index (Phi) is 6.31. The van der Waals surface area contributed by atoms with E-state index in [1.165, 1.54) is 19.3 Å². The lowest BCUT2D eigenvalue weighted by molar-refractivity contribution is -0.182. The molecular weight excluding hydrogens is 244 g/mol. The molecule has 3 nitrogen and oxygen atoms in total. The van der Waals surface area contributed by atoms with E-state index in [1.54, 1.807) is 0 Å². The third-order valence-electron chi connectivity index (χ3n) is 4.39. The Morgan fingerprint density at radius 2 is 1.83 bits per heavy atom. The summed E-state index contributed by atoms with van der Waals surface area (Å²) in [5, 5.41) is 0. The van der Waals surface area contributed by atoms with Gasteiger partial charge in [0.25, 0.3) is 0 Å². The van der Waals surface area contributed by atoms with Gasteiger partial charge in [-0.1, -0.05) is 13.3 Å². The lowest BCUT2D eigenvalue weighted by atomic mass is 9.73. The molecule has 2 atom stereocenters. The summed E-state index contributed by atoms with van der Waals surface area (Å²) in [5.41, 5.74) is 0.424. The van der Waals surface area contributed by atoms with E-state index in [1.807, 2.05) is 0 Å². The van der Waals surface area contributed by atoms with E-state index in [0.717, 1.165) is 25.9 Å². The zero-order valence-electron chi connectivity index (χ0n) is 12.8. The second-order valence-corrected chi connectivity index (χ2v) is 8.87. The summed E-state index contributed by atoms with van der Waals surface area (Å²) in [6, 6.07) is 1.10. The van der Waals surface area contributed by atoms with E-state index in [4.69, 9.17) is 13.6 Å². The summed E-state index contributed by atoms with van der Waals surface area (Å²) >= 11 is 0. The fraction of sp³-hybridized carbons (Fsp3) is 1.00. The van der Waals surface area contributed by atoms with Crippen molar-refractivity contribution in [1.29, 1.82) is 0 Å². The summed E-state index contributed by atoms with van der Waals surface area (Å²) in [7, 11) is -1.91. The molecule has 0 aromatic heterocycles. The minimum absolute atomic E-state index is 0.424. The van der Waals surface area contributed by atoms with E-state index in [9.17, 15) is 0 Å². The van der Waals surface area contributed by atoms with Crippen molar-refractivity contribution in [2.75, 3.05) is 19.8 Å². The van der Waals surface area contributed by atoms with Gasteiger partial charge in [0.15, 0.2) is 0 Å². The highest BCUT2D eigenvalue weighted by Crippen LogP contribution is 2.43. The average Bonchev–Trinajstić information content (AvgIpc) is 2.33. The fourth-order valence-corrected chi connectivity index (χ4v) is 5.30. The van der Waals surface area contributed by atoms with Gasteiger partial charge in [0, 0.05) is 18.6 Å². The Labute approximate surface area is 113 Å². The molecule has 1 aliphatic heterocycles. The third kappa shape index (κ3) is 3.79. The Morgan fingerprint density at radius 3 is 2.17 bits per heavy atom. The van der Waals surface area contributed by atoms with Gasteiger partial charge in [-0.2, -0.15) is 0 Å². The summed E-state index contributed by atoms with van der Waals surface area (Å²) in [6.45, 7) is 13.3. The minimum atomic E-state index is -1.91. The molecule has 0 amide bonds. The Morgan fingerprint density at radius 1 is 1.22 bits per heavy atom. The molecule has 0 saturated carbocycles. The quantitative estimate of drug-likeness (QED) is 0.600. The lowest BCUT2D eigenvalue weighted by Gasteiger charge is -2.48. The molecule has 0 aromatic carbocycles. The minimum Gasteiger partial charge on any atom is -0.395 e. The van der Waals surface area contributed by atoms with Crippen molar-refractivity contribution >= 4 is 8.56 Å². The topological polar surface area (TPSA) is 27.7 Å². The summed E-state index contributed by atoms with van der Waals surface area (Å²) in [4.78, 5) is 0. The number of hydrogen-bond donors (Lipinski definition) is 0. The van der Waals surface area contributed by atoms with Crippen LogP contribution in [-0.4, -0.2) is 34.5 Å². The molecule has 18 heavy (non-hydrogen) atoms. The van der Waals surface area contributed by atoms with Gasteiger partial charge in [-0.05, 0) is 46.2 Å². The predicted octanol–water partition coefficient (Wildman–Crippen LogP) is 3.73. The van der Waals surface area contributed by atoms with Crippen LogP contribution < -0.4 is 0 Å². The highest BCUT2D eigenvalue weighted by molar-refractivity contribution is 6.66. The van der Waals surface area contributed by atoms with Crippen LogP contribution in [0.15, 0.2) is 0 Å². The van der Waals surface area contributed by atoms with Gasteiger partial charge in [0.2, 0.25) is 0 Å². The normalized spacial score (nSPS) is 28.2. The molecule has 108 valence electrons. The molecule has 0 spiro atoms. The summed E-state index contributed by atoms with van der Waals surface area (Å²) in [6.07, 6.45) is 4.09. The monoisotopic (exact) mass is 274 g/mol. The smallest absolute Gasteiger partial charge is 0.334 e. The number of rotatable bonds is 9. The maximum absolute atomic E-state index is 5.88. The average molecular weight is 274 g/mol. The maximum atomic E-state index is 5.88. The van der Waals surface area contributed by atoms with Crippen LogP contribution in [0.4, 0.5) is 0 Å². The summed E-state index contributed by atoms with van der Waals surface area (Å²) < 4.78 is 17.3. The van der Waals surface area contributed by atoms with Gasteiger partial charge in [-0.3, -0.25) is 0 Å². The zero-order valence-corrected chi connectivity index (χ0v) is 13.8. The predicted molar refractivity (Wildman–Crippen MR) is 77.0 cm³/mol. The highest BCUT2D eigenvalue weighted by Gasteiger charge is 2.44. The van der Waals surface area contributed by atoms with Crippen LogP contribution >= 0.6 is 0 Å². The van der Waals surface area contributed by atoms with Gasteiger partial charge >= 0.3 is 8.56 Å². The van der Waals surface area contributed by atoms with E-state index in [2.05, 4.69) is 34.2 Å². The summed E-state index contributed by atoms with van der Waals surface area (Å²) in [5.74, 6) is 0. The molecule has 0 radical (unpaired) electrons. The SMILES string of the molecule is CCO[Si](C)(CCCC1(CC)COC1C)OCC. The second-order valence-electron chi connectivity index (χ2n) is 5.52. The van der Waals surface area contributed by atoms with Gasteiger partial charge in [0.05, 0.1) is 12.7 Å². The molecule has 1 aliphatic rings. The molecule has 0 aromatic rings. The second kappa shape index (κ2) is 7.03. The Bertz CT molecular complexity index is 237. The van der Waals surface area contributed by atoms with Gasteiger partial charge in [-0.15, -0.1) is 0 Å². The van der Waals surface area contributed by atoms with Crippen LogP contribution in [0.3, 0.4) is 0 Å². The van der Waals surface area contributed by atoms with Gasteiger partial charge in [-0.25, -0.2) is 0 Å². The highest BCUT2D eigenvalue weighted by atomic mass is 28.4. The van der Waals surface area contributed by atoms with Gasteiger partial charge in [0.1, 0.15) is 0 Å². The van der Waals surface area contributed by atoms with Crippen LogP contribution in [0.5, 0.6) is 0 Å². The van der Waals surface area contributed by atoms with Gasteiger partial charge < -0.3 is 13.6 Å². The first-order valence-electron chi connectivity index (χ1n) is 7.41. The maximum Gasteiger partial charge on any atom is 0.334 e. The van der Waals surface area contributed by atoms with Crippen molar-refractivity contribution in [1.82, 2.24) is 0 Å². The van der Waals surface area contributed by atoms with Crippen molar-refractivity contribution in [2.24, 2.45) is 5.41 Å². The van der Waals surface area contributed by atoms with Crippen molar-refractivity contribution in [3.8, 4) is 0 Å². The first-order valence-corrected chi connectivity index (χ1v) is 9.94. The molecule has 1 saturated heterocycles. The first-order chi connectivity index (χ1) is 8.52. The largest absolute Gasteiger partial charge is 0.395 e. The van der Waals surface area contributed by atoms with Crippen LogP contribution in [0.2, 0.25) is 12.6 Å². The standard InChI is InChI=1S/C14H30O3Si/c1-6-14(12-15-13(14)4)10-9-11-18(5,16-7-2)17-8-3/h13H,6-12H2,1-5H3. The molecule has 0 N–H and O–H groups in total. The number of ether oxygens (including phenoxy) is 1. The van der Waals surface area contributed by atoms with Crippen molar-refractivity contribution < 1.29 is 13.6 Å². The Balaban J connectivity index is 2.38. The number of hydrogen-bond acceptors (Lipinski definition) is 3. The first kappa shape index (κ1) is 16.2. The lowest BCUT2D eigenvalue weighted by Crippen LogP contribution is -2.50. The van der Waals surface area contributed by atoms with E-state index < -0.39 is 8.56 Å². The molecule has 1 heterocycles. The van der Waals surface area contributed by atoms with Crippen molar-refractivity contribution in [2.45, 2.75) is 65.7 Å². The molecule has 0 bridgehead atoms. The van der Waals surface area contributed by atoms with Crippen molar-refractivity contribution in [3.05, 3.63) is 0 Å². The molecule has 2 unspecified atom stereocenters. The molecule has 0 aliphatic carbocycles. The van der Waals surface area contributed by atoms with E-state index in [0.29, 0.717) is 11.5 Å². The van der Waals surface area contributed by atoms with Crippen LogP contribution in [0.1, 0.15) is 47.0 Å².